The predicted molar refractivity (Wildman–Crippen MR) is 53.7 cm³/mol. The van der Waals surface area contributed by atoms with E-state index in [-0.39, 0.29) is 0 Å². The van der Waals surface area contributed by atoms with Gasteiger partial charge in [0.2, 0.25) is 0 Å². The van der Waals surface area contributed by atoms with Gasteiger partial charge in [0, 0.05) is 19.1 Å². The first-order chi connectivity index (χ1) is 7.36. The normalized spacial score (nSPS) is 23.5. The van der Waals surface area contributed by atoms with Crippen LogP contribution in [0.2, 0.25) is 0 Å². The summed E-state index contributed by atoms with van der Waals surface area (Å²) in [5.74, 6) is 0. The first-order valence-corrected chi connectivity index (χ1v) is 5.48. The van der Waals surface area contributed by atoms with Crippen LogP contribution in [0.15, 0.2) is 6.20 Å². The molecule has 1 aliphatic carbocycles. The molecule has 1 aliphatic heterocycles. The summed E-state index contributed by atoms with van der Waals surface area (Å²) in [4.78, 5) is 12.9. The van der Waals surface area contributed by atoms with Gasteiger partial charge in [-0.3, -0.25) is 9.69 Å². The Morgan fingerprint density at radius 3 is 2.67 bits per heavy atom. The average molecular weight is 206 g/mol. The van der Waals surface area contributed by atoms with Gasteiger partial charge in [-0.1, -0.05) is 11.6 Å². The van der Waals surface area contributed by atoms with Crippen LogP contribution in [-0.4, -0.2) is 45.3 Å². The van der Waals surface area contributed by atoms with Gasteiger partial charge >= 0.3 is 0 Å². The SMILES string of the molecule is O=Cc1cn(C2CN(C3CCC3)C2)nn1. The van der Waals surface area contributed by atoms with E-state index in [4.69, 9.17) is 0 Å². The van der Waals surface area contributed by atoms with Gasteiger partial charge in [0.05, 0.1) is 12.2 Å². The fourth-order valence-corrected chi connectivity index (χ4v) is 2.23. The third kappa shape index (κ3) is 1.47. The highest BCUT2D eigenvalue weighted by atomic mass is 16.1. The Balaban J connectivity index is 1.59. The molecule has 1 saturated carbocycles. The molecule has 15 heavy (non-hydrogen) atoms. The quantitative estimate of drug-likeness (QED) is 0.676. The van der Waals surface area contributed by atoms with Crippen LogP contribution in [0.4, 0.5) is 0 Å². The zero-order valence-corrected chi connectivity index (χ0v) is 8.54. The Kier molecular flexibility index (Phi) is 2.05. The summed E-state index contributed by atoms with van der Waals surface area (Å²) in [5.41, 5.74) is 0.428. The topological polar surface area (TPSA) is 51.0 Å². The molecule has 1 aromatic heterocycles. The Labute approximate surface area is 88.1 Å². The molecule has 5 heteroatoms. The van der Waals surface area contributed by atoms with E-state index in [1.807, 2.05) is 4.68 Å². The van der Waals surface area contributed by atoms with Gasteiger partial charge in [0.15, 0.2) is 6.29 Å². The number of carbonyl (C=O) groups is 1. The van der Waals surface area contributed by atoms with Crippen molar-refractivity contribution in [2.24, 2.45) is 0 Å². The van der Waals surface area contributed by atoms with Gasteiger partial charge in [-0.2, -0.15) is 0 Å². The van der Waals surface area contributed by atoms with Crippen LogP contribution >= 0.6 is 0 Å². The van der Waals surface area contributed by atoms with Crippen LogP contribution < -0.4 is 0 Å². The Morgan fingerprint density at radius 1 is 1.33 bits per heavy atom. The van der Waals surface area contributed by atoms with Gasteiger partial charge in [0.1, 0.15) is 5.69 Å². The minimum atomic E-state index is 0.423. The van der Waals surface area contributed by atoms with E-state index in [9.17, 15) is 4.79 Å². The molecule has 0 atom stereocenters. The smallest absolute Gasteiger partial charge is 0.171 e. The number of nitrogens with zero attached hydrogens (tertiary/aromatic N) is 4. The first kappa shape index (κ1) is 9.03. The van der Waals surface area contributed by atoms with Gasteiger partial charge in [0.25, 0.3) is 0 Å². The van der Waals surface area contributed by atoms with Crippen molar-refractivity contribution in [1.29, 1.82) is 0 Å². The van der Waals surface area contributed by atoms with E-state index in [1.165, 1.54) is 19.3 Å². The lowest BCUT2D eigenvalue weighted by atomic mass is 9.88. The highest BCUT2D eigenvalue weighted by Gasteiger charge is 2.36. The monoisotopic (exact) mass is 206 g/mol. The summed E-state index contributed by atoms with van der Waals surface area (Å²) in [6.45, 7) is 2.12. The summed E-state index contributed by atoms with van der Waals surface area (Å²) in [7, 11) is 0. The van der Waals surface area contributed by atoms with Gasteiger partial charge in [-0.25, -0.2) is 4.68 Å². The number of hydrogen-bond acceptors (Lipinski definition) is 4. The molecule has 0 N–H and O–H groups in total. The summed E-state index contributed by atoms with van der Waals surface area (Å²) < 4.78 is 1.82. The molecule has 80 valence electrons. The Bertz CT molecular complexity index is 365. The molecule has 2 aliphatic rings. The number of aromatic nitrogens is 3. The minimum Gasteiger partial charge on any atom is -0.296 e. The standard InChI is InChI=1S/C10H14N4O/c15-7-8-4-14(12-11-8)10-5-13(6-10)9-2-1-3-9/h4,7,9-10H,1-3,5-6H2. The highest BCUT2D eigenvalue weighted by Crippen LogP contribution is 2.32. The highest BCUT2D eigenvalue weighted by molar-refractivity contribution is 5.70. The fourth-order valence-electron chi connectivity index (χ4n) is 2.23. The van der Waals surface area contributed by atoms with Crippen molar-refractivity contribution < 1.29 is 4.79 Å². The van der Waals surface area contributed by atoms with Crippen molar-refractivity contribution in [1.82, 2.24) is 19.9 Å². The maximum atomic E-state index is 10.5. The molecule has 0 unspecified atom stereocenters. The van der Waals surface area contributed by atoms with Crippen LogP contribution in [0, 0.1) is 0 Å². The zero-order valence-electron chi connectivity index (χ0n) is 8.54. The van der Waals surface area contributed by atoms with Crippen LogP contribution in [0.5, 0.6) is 0 Å². The molecule has 2 heterocycles. The van der Waals surface area contributed by atoms with Crippen molar-refractivity contribution in [3.05, 3.63) is 11.9 Å². The van der Waals surface area contributed by atoms with Crippen molar-refractivity contribution >= 4 is 6.29 Å². The second-order valence-electron chi connectivity index (χ2n) is 4.43. The first-order valence-electron chi connectivity index (χ1n) is 5.48. The Morgan fingerprint density at radius 2 is 2.13 bits per heavy atom. The Hall–Kier alpha value is -1.23. The third-order valence-electron chi connectivity index (χ3n) is 3.50. The molecule has 2 fully saturated rings. The molecule has 0 bridgehead atoms. The maximum absolute atomic E-state index is 10.5. The van der Waals surface area contributed by atoms with Crippen LogP contribution in [0.25, 0.3) is 0 Å². The van der Waals surface area contributed by atoms with Gasteiger partial charge in [-0.15, -0.1) is 5.10 Å². The third-order valence-corrected chi connectivity index (χ3v) is 3.50. The lowest BCUT2D eigenvalue weighted by Gasteiger charge is -2.47. The van der Waals surface area contributed by atoms with Crippen LogP contribution in [-0.2, 0) is 0 Å². The molecule has 0 radical (unpaired) electrons. The minimum absolute atomic E-state index is 0.423. The van der Waals surface area contributed by atoms with Crippen molar-refractivity contribution in [2.75, 3.05) is 13.1 Å². The predicted octanol–water partition coefficient (Wildman–Crippen LogP) is 0.500. The zero-order chi connectivity index (χ0) is 10.3. The molecule has 5 nitrogen and oxygen atoms in total. The largest absolute Gasteiger partial charge is 0.296 e. The molecule has 0 spiro atoms. The van der Waals surface area contributed by atoms with Crippen LogP contribution in [0.1, 0.15) is 35.8 Å². The summed E-state index contributed by atoms with van der Waals surface area (Å²) >= 11 is 0. The number of likely N-dealkylation sites (tertiary alicyclic amines) is 1. The summed E-state index contributed by atoms with van der Waals surface area (Å²) in [6.07, 6.45) is 6.55. The van der Waals surface area contributed by atoms with Crippen LogP contribution in [0.3, 0.4) is 0 Å². The summed E-state index contributed by atoms with van der Waals surface area (Å²) in [6, 6.07) is 1.24. The second-order valence-corrected chi connectivity index (χ2v) is 4.43. The van der Waals surface area contributed by atoms with E-state index in [0.29, 0.717) is 11.7 Å². The molecular weight excluding hydrogens is 192 g/mol. The molecule has 3 rings (SSSR count). The van der Waals surface area contributed by atoms with Crippen molar-refractivity contribution in [3.63, 3.8) is 0 Å². The number of rotatable bonds is 3. The maximum Gasteiger partial charge on any atom is 0.171 e. The van der Waals surface area contributed by atoms with E-state index < -0.39 is 0 Å². The molecule has 1 saturated heterocycles. The van der Waals surface area contributed by atoms with E-state index in [2.05, 4.69) is 15.2 Å². The van der Waals surface area contributed by atoms with Gasteiger partial charge in [-0.05, 0) is 12.8 Å². The molecule has 0 aromatic carbocycles. The summed E-state index contributed by atoms with van der Waals surface area (Å²) in [5, 5.41) is 7.72. The van der Waals surface area contributed by atoms with Crippen molar-refractivity contribution in [2.45, 2.75) is 31.3 Å². The van der Waals surface area contributed by atoms with E-state index >= 15 is 0 Å². The number of aldehydes is 1. The fraction of sp³-hybridized carbons (Fsp3) is 0.700. The second kappa shape index (κ2) is 3.41. The molecular formula is C10H14N4O. The lowest BCUT2D eigenvalue weighted by molar-refractivity contribution is 0.0174. The van der Waals surface area contributed by atoms with Crippen molar-refractivity contribution in [3.8, 4) is 0 Å². The van der Waals surface area contributed by atoms with E-state index in [0.717, 1.165) is 25.4 Å². The molecule has 1 aromatic rings. The number of carbonyl (C=O) groups excluding carboxylic acids is 1. The molecule has 0 amide bonds. The van der Waals surface area contributed by atoms with Gasteiger partial charge < -0.3 is 0 Å². The number of hydrogen-bond donors (Lipinski definition) is 0. The average Bonchev–Trinajstić information content (AvgIpc) is 2.54. The van der Waals surface area contributed by atoms with E-state index in [1.54, 1.807) is 6.20 Å². The lowest BCUT2D eigenvalue weighted by Crippen LogP contribution is -2.54.